The topological polar surface area (TPSA) is 15.3 Å². The van der Waals surface area contributed by atoms with Crippen molar-refractivity contribution in [3.8, 4) is 11.1 Å². The minimum atomic E-state index is -0.212. The third-order valence-corrected chi connectivity index (χ3v) is 5.73. The quantitative estimate of drug-likeness (QED) is 0.556. The van der Waals surface area contributed by atoms with Gasteiger partial charge in [0.15, 0.2) is 0 Å². The molecule has 3 rings (SSSR count). The van der Waals surface area contributed by atoms with Crippen molar-refractivity contribution in [2.45, 2.75) is 66.8 Å². The lowest BCUT2D eigenvalue weighted by atomic mass is 9.73. The average molecular weight is 407 g/mol. The van der Waals surface area contributed by atoms with Crippen molar-refractivity contribution in [3.63, 3.8) is 0 Å². The van der Waals surface area contributed by atoms with Crippen molar-refractivity contribution in [1.82, 2.24) is 10.2 Å². The first-order valence-corrected chi connectivity index (χ1v) is 11.4. The van der Waals surface area contributed by atoms with E-state index in [0.29, 0.717) is 5.92 Å². The van der Waals surface area contributed by atoms with E-state index in [9.17, 15) is 0 Å². The minimum absolute atomic E-state index is 0.212. The van der Waals surface area contributed by atoms with Gasteiger partial charge >= 0.3 is 0 Å². The summed E-state index contributed by atoms with van der Waals surface area (Å²) in [6.07, 6.45) is 2.22. The lowest BCUT2D eigenvalue weighted by Crippen LogP contribution is -2.54. The van der Waals surface area contributed by atoms with Gasteiger partial charge in [0.2, 0.25) is 0 Å². The molecule has 1 aliphatic rings. The molecule has 0 bridgehead atoms. The maximum absolute atomic E-state index is 4.38. The Bertz CT molecular complexity index is 836. The molecule has 2 aromatic carbocycles. The van der Waals surface area contributed by atoms with Crippen LogP contribution in [0.5, 0.6) is 0 Å². The molecule has 164 valence electrons. The molecular weight excluding hydrogens is 364 g/mol. The third-order valence-electron chi connectivity index (χ3n) is 5.73. The first kappa shape index (κ1) is 25.6. The largest absolute Gasteiger partial charge is 0.362 e. The Kier molecular flexibility index (Phi) is 9.92. The fourth-order valence-electron chi connectivity index (χ4n) is 4.07. The molecule has 2 aromatic rings. The normalized spacial score (nSPS) is 20.4. The van der Waals surface area contributed by atoms with Crippen LogP contribution >= 0.6 is 0 Å². The van der Waals surface area contributed by atoms with E-state index in [1.54, 1.807) is 0 Å². The van der Waals surface area contributed by atoms with E-state index in [-0.39, 0.29) is 5.54 Å². The van der Waals surface area contributed by atoms with Gasteiger partial charge in [-0.2, -0.15) is 0 Å². The Morgan fingerprint density at radius 2 is 1.53 bits per heavy atom. The summed E-state index contributed by atoms with van der Waals surface area (Å²) >= 11 is 0. The van der Waals surface area contributed by atoms with Gasteiger partial charge in [-0.25, -0.2) is 0 Å². The zero-order chi connectivity index (χ0) is 22.9. The van der Waals surface area contributed by atoms with Crippen LogP contribution < -0.4 is 5.32 Å². The van der Waals surface area contributed by atoms with Gasteiger partial charge in [0.1, 0.15) is 0 Å². The van der Waals surface area contributed by atoms with Gasteiger partial charge in [-0.1, -0.05) is 102 Å². The molecule has 1 fully saturated rings. The highest BCUT2D eigenvalue weighted by Gasteiger charge is 2.42. The van der Waals surface area contributed by atoms with Crippen molar-refractivity contribution >= 4 is 0 Å². The Balaban J connectivity index is 0.00000106. The highest BCUT2D eigenvalue weighted by atomic mass is 15.3. The fourth-order valence-corrected chi connectivity index (χ4v) is 4.07. The number of benzene rings is 2. The third kappa shape index (κ3) is 5.36. The molecule has 0 unspecified atom stereocenters. The summed E-state index contributed by atoms with van der Waals surface area (Å²) in [6, 6.07) is 17.6. The standard InChI is InChI=1S/C24H30N2.2C2H6/c1-7-10-23-18(3)26(6)19(4)25-24(23,5)22-14-9-13-21(16-22)20-12-8-11-17(2)15-20;2*1-2/h8-9,11-16,23,25H,3-4,7,10H2,1-2,5-6H3;2*1-2H3/t23-,24+;;/m0../s1. The molecular formula is C28H42N2. The van der Waals surface area contributed by atoms with E-state index in [4.69, 9.17) is 0 Å². The predicted octanol–water partition coefficient (Wildman–Crippen LogP) is 7.87. The van der Waals surface area contributed by atoms with Crippen LogP contribution in [-0.4, -0.2) is 11.9 Å². The molecule has 2 atom stereocenters. The Hall–Kier alpha value is -2.48. The van der Waals surface area contributed by atoms with Gasteiger partial charge in [-0.15, -0.1) is 0 Å². The molecule has 0 aromatic heterocycles. The molecule has 0 radical (unpaired) electrons. The van der Waals surface area contributed by atoms with Crippen molar-refractivity contribution in [2.75, 3.05) is 7.05 Å². The van der Waals surface area contributed by atoms with E-state index < -0.39 is 0 Å². The fraction of sp³-hybridized carbons (Fsp3) is 0.429. The van der Waals surface area contributed by atoms with E-state index in [2.05, 4.69) is 92.7 Å². The molecule has 0 amide bonds. The molecule has 0 aliphatic carbocycles. The summed E-state index contributed by atoms with van der Waals surface area (Å²) in [5.74, 6) is 1.24. The summed E-state index contributed by atoms with van der Waals surface area (Å²) < 4.78 is 0. The molecule has 2 heteroatoms. The predicted molar refractivity (Wildman–Crippen MR) is 134 cm³/mol. The zero-order valence-electron chi connectivity index (χ0n) is 20.5. The first-order chi connectivity index (χ1) is 14.4. The lowest BCUT2D eigenvalue weighted by Gasteiger charge is -2.49. The number of hydrogen-bond acceptors (Lipinski definition) is 2. The summed E-state index contributed by atoms with van der Waals surface area (Å²) in [5, 5.41) is 3.68. The van der Waals surface area contributed by atoms with E-state index in [1.165, 1.54) is 22.3 Å². The van der Waals surface area contributed by atoms with E-state index >= 15 is 0 Å². The average Bonchev–Trinajstić information content (AvgIpc) is 2.78. The van der Waals surface area contributed by atoms with Crippen LogP contribution in [0.4, 0.5) is 0 Å². The van der Waals surface area contributed by atoms with Crippen molar-refractivity contribution in [2.24, 2.45) is 5.92 Å². The minimum Gasteiger partial charge on any atom is -0.362 e. The van der Waals surface area contributed by atoms with Crippen molar-refractivity contribution in [3.05, 3.63) is 84.3 Å². The Labute approximate surface area is 185 Å². The van der Waals surface area contributed by atoms with Crippen LogP contribution in [0.1, 0.15) is 65.5 Å². The highest BCUT2D eigenvalue weighted by molar-refractivity contribution is 5.65. The molecule has 1 N–H and O–H groups in total. The van der Waals surface area contributed by atoms with Crippen molar-refractivity contribution in [1.29, 1.82) is 0 Å². The summed E-state index contributed by atoms with van der Waals surface area (Å²) in [5.41, 5.74) is 6.00. The van der Waals surface area contributed by atoms with E-state index in [0.717, 1.165) is 24.4 Å². The number of nitrogens with one attached hydrogen (secondary N) is 1. The van der Waals surface area contributed by atoms with Gasteiger partial charge in [0.25, 0.3) is 0 Å². The van der Waals surface area contributed by atoms with Crippen LogP contribution in [0.2, 0.25) is 0 Å². The highest BCUT2D eigenvalue weighted by Crippen LogP contribution is 2.43. The number of nitrogens with zero attached hydrogens (tertiary/aromatic N) is 1. The molecule has 0 spiro atoms. The van der Waals surface area contributed by atoms with Gasteiger partial charge in [0.05, 0.1) is 11.4 Å². The van der Waals surface area contributed by atoms with Gasteiger partial charge < -0.3 is 10.2 Å². The molecule has 1 heterocycles. The van der Waals surface area contributed by atoms with Crippen LogP contribution in [-0.2, 0) is 5.54 Å². The molecule has 0 saturated carbocycles. The van der Waals surface area contributed by atoms with Gasteiger partial charge in [0, 0.05) is 18.7 Å². The van der Waals surface area contributed by atoms with Gasteiger partial charge in [-0.05, 0) is 43.0 Å². The SMILES string of the molecule is C=C1N[C@](C)(c2cccc(-c3cccc(C)c3)c2)[C@@H](CCC)C(=C)N1C.CC.CC. The lowest BCUT2D eigenvalue weighted by molar-refractivity contribution is 0.173. The number of hydrogen-bond donors (Lipinski definition) is 1. The second-order valence-electron chi connectivity index (χ2n) is 7.62. The summed E-state index contributed by atoms with van der Waals surface area (Å²) in [6.45, 7) is 23.2. The molecule has 1 aliphatic heterocycles. The monoisotopic (exact) mass is 406 g/mol. The zero-order valence-corrected chi connectivity index (χ0v) is 20.5. The molecule has 2 nitrogen and oxygen atoms in total. The Morgan fingerprint density at radius 1 is 0.967 bits per heavy atom. The molecule has 1 saturated heterocycles. The summed E-state index contributed by atoms with van der Waals surface area (Å²) in [7, 11) is 2.04. The maximum atomic E-state index is 4.38. The summed E-state index contributed by atoms with van der Waals surface area (Å²) in [4.78, 5) is 2.09. The Morgan fingerprint density at radius 3 is 2.10 bits per heavy atom. The van der Waals surface area contributed by atoms with Crippen LogP contribution in [0.15, 0.2) is 73.2 Å². The number of aryl methyl sites for hydroxylation is 1. The van der Waals surface area contributed by atoms with Crippen LogP contribution in [0.25, 0.3) is 11.1 Å². The number of rotatable bonds is 4. The first-order valence-electron chi connectivity index (χ1n) is 11.4. The molecule has 30 heavy (non-hydrogen) atoms. The van der Waals surface area contributed by atoms with Crippen molar-refractivity contribution < 1.29 is 0 Å². The second-order valence-corrected chi connectivity index (χ2v) is 7.62. The maximum Gasteiger partial charge on any atom is 0.0985 e. The van der Waals surface area contributed by atoms with Crippen LogP contribution in [0, 0.1) is 12.8 Å². The van der Waals surface area contributed by atoms with E-state index in [1.807, 2.05) is 34.7 Å². The smallest absolute Gasteiger partial charge is 0.0985 e. The van der Waals surface area contributed by atoms with Gasteiger partial charge in [-0.3, -0.25) is 0 Å². The van der Waals surface area contributed by atoms with Crippen LogP contribution in [0.3, 0.4) is 0 Å². The second kappa shape index (κ2) is 11.6.